The highest BCUT2D eigenvalue weighted by Crippen LogP contribution is 1.73. The van der Waals surface area contributed by atoms with E-state index in [-0.39, 0.29) is 5.91 Å². The maximum atomic E-state index is 10.4. The Morgan fingerprint density at radius 1 is 1.75 bits per heavy atom. The van der Waals surface area contributed by atoms with E-state index in [1.165, 1.54) is 0 Å². The summed E-state index contributed by atoms with van der Waals surface area (Å²) < 4.78 is 0. The topological polar surface area (TPSA) is 29.1 Å². The van der Waals surface area contributed by atoms with Gasteiger partial charge in [-0.15, -0.1) is 0 Å². The third kappa shape index (κ3) is 3.40. The lowest BCUT2D eigenvalue weighted by atomic mass is 10.4. The molecule has 0 spiro atoms. The van der Waals surface area contributed by atoms with Crippen molar-refractivity contribution in [1.29, 1.82) is 0 Å². The van der Waals surface area contributed by atoms with Crippen LogP contribution in [-0.4, -0.2) is 5.91 Å². The van der Waals surface area contributed by atoms with E-state index in [1.807, 2.05) is 13.8 Å². The highest BCUT2D eigenvalue weighted by Gasteiger charge is 1.87. The number of carbonyl (C=O) groups excluding carboxylic acids is 1. The number of allylic oxidation sites excluding steroid dienone is 1. The maximum absolute atomic E-state index is 10.4. The second-order valence-corrected chi connectivity index (χ2v) is 1.42. The molecule has 0 unspecified atom stereocenters. The van der Waals surface area contributed by atoms with E-state index < -0.39 is 0 Å². The standard InChI is InChI=1S/C6H11NO/c1-3-5-7-6(8)4-2/h3,5H,4H2,1-2H3,(H,7,8)/b5-3-. The Balaban J connectivity index is 3.25. The largest absolute Gasteiger partial charge is 0.333 e. The minimum Gasteiger partial charge on any atom is -0.333 e. The minimum atomic E-state index is 0.0584. The molecule has 0 saturated heterocycles. The molecule has 0 aromatic carbocycles. The van der Waals surface area contributed by atoms with E-state index in [0.29, 0.717) is 6.42 Å². The molecule has 0 heterocycles. The van der Waals surface area contributed by atoms with Crippen molar-refractivity contribution in [3.05, 3.63) is 12.3 Å². The SMILES string of the molecule is C/C=C\NC(=O)CC. The van der Waals surface area contributed by atoms with Gasteiger partial charge in [-0.3, -0.25) is 4.79 Å². The van der Waals surface area contributed by atoms with Gasteiger partial charge in [0.25, 0.3) is 0 Å². The van der Waals surface area contributed by atoms with Crippen LogP contribution in [0.2, 0.25) is 0 Å². The molecule has 0 rings (SSSR count). The van der Waals surface area contributed by atoms with Crippen LogP contribution in [0.25, 0.3) is 0 Å². The molecule has 0 aliphatic carbocycles. The molecule has 2 nitrogen and oxygen atoms in total. The predicted octanol–water partition coefficient (Wildman–Crippen LogP) is 1.05. The first-order valence-corrected chi connectivity index (χ1v) is 2.71. The van der Waals surface area contributed by atoms with E-state index in [9.17, 15) is 4.79 Å². The number of amides is 1. The molecule has 0 atom stereocenters. The van der Waals surface area contributed by atoms with Crippen LogP contribution in [0.4, 0.5) is 0 Å². The van der Waals surface area contributed by atoms with Crippen LogP contribution in [-0.2, 0) is 4.79 Å². The highest BCUT2D eigenvalue weighted by atomic mass is 16.1. The van der Waals surface area contributed by atoms with Crippen molar-refractivity contribution in [2.45, 2.75) is 20.3 Å². The van der Waals surface area contributed by atoms with Gasteiger partial charge in [-0.25, -0.2) is 0 Å². The van der Waals surface area contributed by atoms with Crippen molar-refractivity contribution in [3.63, 3.8) is 0 Å². The van der Waals surface area contributed by atoms with E-state index >= 15 is 0 Å². The molecule has 0 aliphatic heterocycles. The third-order valence-electron chi connectivity index (χ3n) is 0.732. The zero-order chi connectivity index (χ0) is 6.41. The van der Waals surface area contributed by atoms with Crippen LogP contribution in [0.3, 0.4) is 0 Å². The molecule has 2 heteroatoms. The quantitative estimate of drug-likeness (QED) is 0.569. The number of carbonyl (C=O) groups is 1. The summed E-state index contributed by atoms with van der Waals surface area (Å²) in [4.78, 5) is 10.4. The Morgan fingerprint density at radius 2 is 2.38 bits per heavy atom. The monoisotopic (exact) mass is 113 g/mol. The predicted molar refractivity (Wildman–Crippen MR) is 33.2 cm³/mol. The first-order chi connectivity index (χ1) is 3.81. The van der Waals surface area contributed by atoms with Gasteiger partial charge in [0.2, 0.25) is 5.91 Å². The summed E-state index contributed by atoms with van der Waals surface area (Å²) in [5, 5.41) is 2.56. The minimum absolute atomic E-state index is 0.0584. The van der Waals surface area contributed by atoms with Crippen LogP contribution in [0.5, 0.6) is 0 Å². The Labute approximate surface area is 49.6 Å². The van der Waals surface area contributed by atoms with Gasteiger partial charge in [-0.2, -0.15) is 0 Å². The molecular weight excluding hydrogens is 102 g/mol. The van der Waals surface area contributed by atoms with Gasteiger partial charge in [-0.05, 0) is 13.1 Å². The summed E-state index contributed by atoms with van der Waals surface area (Å²) in [6.45, 7) is 3.68. The van der Waals surface area contributed by atoms with Crippen LogP contribution < -0.4 is 5.32 Å². The summed E-state index contributed by atoms with van der Waals surface area (Å²) >= 11 is 0. The molecular formula is C6H11NO. The summed E-state index contributed by atoms with van der Waals surface area (Å²) in [5.74, 6) is 0.0584. The van der Waals surface area contributed by atoms with E-state index in [4.69, 9.17) is 0 Å². The number of hydrogen-bond acceptors (Lipinski definition) is 1. The lowest BCUT2D eigenvalue weighted by molar-refractivity contribution is -0.119. The molecule has 0 saturated carbocycles. The lowest BCUT2D eigenvalue weighted by Crippen LogP contribution is -2.14. The maximum Gasteiger partial charge on any atom is 0.223 e. The Morgan fingerprint density at radius 3 is 2.75 bits per heavy atom. The zero-order valence-electron chi connectivity index (χ0n) is 5.27. The molecule has 8 heavy (non-hydrogen) atoms. The van der Waals surface area contributed by atoms with Crippen LogP contribution in [0.1, 0.15) is 20.3 Å². The van der Waals surface area contributed by atoms with Gasteiger partial charge in [0.05, 0.1) is 0 Å². The molecule has 0 radical (unpaired) electrons. The molecule has 1 amide bonds. The van der Waals surface area contributed by atoms with Gasteiger partial charge in [-0.1, -0.05) is 13.0 Å². The van der Waals surface area contributed by atoms with Crippen LogP contribution >= 0.6 is 0 Å². The fraction of sp³-hybridized carbons (Fsp3) is 0.500. The third-order valence-corrected chi connectivity index (χ3v) is 0.732. The fourth-order valence-electron chi connectivity index (χ4n) is 0.278. The van der Waals surface area contributed by atoms with Crippen molar-refractivity contribution in [1.82, 2.24) is 5.32 Å². The highest BCUT2D eigenvalue weighted by molar-refractivity contribution is 5.76. The second-order valence-electron chi connectivity index (χ2n) is 1.42. The van der Waals surface area contributed by atoms with E-state index in [1.54, 1.807) is 12.3 Å². The molecule has 0 aromatic heterocycles. The first kappa shape index (κ1) is 7.21. The second kappa shape index (κ2) is 4.37. The average Bonchev–Trinajstić information content (AvgIpc) is 1.83. The van der Waals surface area contributed by atoms with Crippen LogP contribution in [0, 0.1) is 0 Å². The lowest BCUT2D eigenvalue weighted by Gasteiger charge is -1.90. The normalized spacial score (nSPS) is 9.75. The van der Waals surface area contributed by atoms with Gasteiger partial charge in [0.1, 0.15) is 0 Å². The van der Waals surface area contributed by atoms with Crippen molar-refractivity contribution in [2.24, 2.45) is 0 Å². The van der Waals surface area contributed by atoms with Crippen molar-refractivity contribution in [3.8, 4) is 0 Å². The van der Waals surface area contributed by atoms with Gasteiger partial charge < -0.3 is 5.32 Å². The van der Waals surface area contributed by atoms with Gasteiger partial charge >= 0.3 is 0 Å². The molecule has 0 fully saturated rings. The van der Waals surface area contributed by atoms with Gasteiger partial charge in [0, 0.05) is 6.42 Å². The summed E-state index contributed by atoms with van der Waals surface area (Å²) in [5.41, 5.74) is 0. The molecule has 1 N–H and O–H groups in total. The molecule has 0 bridgehead atoms. The Kier molecular flexibility index (Phi) is 3.94. The Bertz CT molecular complexity index is 96.7. The van der Waals surface area contributed by atoms with Crippen molar-refractivity contribution < 1.29 is 4.79 Å². The molecule has 0 aromatic rings. The average molecular weight is 113 g/mol. The number of hydrogen-bond donors (Lipinski definition) is 1. The summed E-state index contributed by atoms with van der Waals surface area (Å²) in [6, 6.07) is 0. The number of nitrogens with one attached hydrogen (secondary N) is 1. The van der Waals surface area contributed by atoms with Crippen molar-refractivity contribution in [2.75, 3.05) is 0 Å². The molecule has 46 valence electrons. The summed E-state index contributed by atoms with van der Waals surface area (Å²) in [6.07, 6.45) is 3.96. The van der Waals surface area contributed by atoms with Crippen molar-refractivity contribution >= 4 is 5.91 Å². The smallest absolute Gasteiger partial charge is 0.223 e. The van der Waals surface area contributed by atoms with Gasteiger partial charge in [0.15, 0.2) is 0 Å². The molecule has 0 aliphatic rings. The van der Waals surface area contributed by atoms with Crippen LogP contribution in [0.15, 0.2) is 12.3 Å². The zero-order valence-corrected chi connectivity index (χ0v) is 5.27. The Hall–Kier alpha value is -0.790. The number of rotatable bonds is 2. The fourth-order valence-corrected chi connectivity index (χ4v) is 0.278. The van der Waals surface area contributed by atoms with E-state index in [0.717, 1.165) is 0 Å². The summed E-state index contributed by atoms with van der Waals surface area (Å²) in [7, 11) is 0. The first-order valence-electron chi connectivity index (χ1n) is 2.71. The van der Waals surface area contributed by atoms with E-state index in [2.05, 4.69) is 5.32 Å².